The van der Waals surface area contributed by atoms with Crippen molar-refractivity contribution in [2.24, 2.45) is 5.73 Å². The van der Waals surface area contributed by atoms with E-state index in [1.807, 2.05) is 6.92 Å². The molecule has 21 heavy (non-hydrogen) atoms. The fourth-order valence-electron chi connectivity index (χ4n) is 1.97. The Morgan fingerprint density at radius 3 is 2.52 bits per heavy atom. The lowest BCUT2D eigenvalue weighted by molar-refractivity contribution is 0.0691. The van der Waals surface area contributed by atoms with Gasteiger partial charge in [-0.2, -0.15) is 0 Å². The Kier molecular flexibility index (Phi) is 4.23. The minimum Gasteiger partial charge on any atom is -0.488 e. The topological polar surface area (TPSA) is 89.6 Å². The normalized spacial score (nSPS) is 10.1. The SMILES string of the molecule is Cc1ccc(C(=O)O)c(OCc2ccccc2C(N)=O)c1. The number of rotatable bonds is 5. The van der Waals surface area contributed by atoms with Crippen LogP contribution in [-0.4, -0.2) is 17.0 Å². The number of carbonyl (C=O) groups excluding carboxylic acids is 1. The van der Waals surface area contributed by atoms with Crippen molar-refractivity contribution in [3.8, 4) is 5.75 Å². The minimum absolute atomic E-state index is 0.0723. The second-order valence-corrected chi connectivity index (χ2v) is 4.61. The molecule has 0 saturated carbocycles. The van der Waals surface area contributed by atoms with Crippen LogP contribution in [0.4, 0.5) is 0 Å². The van der Waals surface area contributed by atoms with Crippen LogP contribution in [0.5, 0.6) is 5.75 Å². The molecule has 0 fully saturated rings. The number of aromatic carboxylic acids is 1. The summed E-state index contributed by atoms with van der Waals surface area (Å²) in [5, 5.41) is 9.14. The number of primary amides is 1. The van der Waals surface area contributed by atoms with E-state index in [4.69, 9.17) is 15.6 Å². The van der Waals surface area contributed by atoms with Crippen molar-refractivity contribution in [3.05, 3.63) is 64.7 Å². The average Bonchev–Trinajstić information content (AvgIpc) is 2.45. The number of hydrogen-bond acceptors (Lipinski definition) is 3. The molecule has 0 bridgehead atoms. The molecule has 1 amide bonds. The molecule has 2 aromatic rings. The van der Waals surface area contributed by atoms with Crippen LogP contribution >= 0.6 is 0 Å². The van der Waals surface area contributed by atoms with Crippen molar-refractivity contribution >= 4 is 11.9 Å². The molecule has 0 heterocycles. The lowest BCUT2D eigenvalue weighted by Gasteiger charge is -2.12. The zero-order chi connectivity index (χ0) is 15.4. The van der Waals surface area contributed by atoms with Crippen LogP contribution in [0.15, 0.2) is 42.5 Å². The van der Waals surface area contributed by atoms with E-state index in [0.29, 0.717) is 11.1 Å². The molecule has 5 nitrogen and oxygen atoms in total. The summed E-state index contributed by atoms with van der Waals surface area (Å²) in [5.74, 6) is -1.34. The molecule has 0 aliphatic carbocycles. The van der Waals surface area contributed by atoms with E-state index in [2.05, 4.69) is 0 Å². The number of hydrogen-bond donors (Lipinski definition) is 2. The Hall–Kier alpha value is -2.82. The molecular weight excluding hydrogens is 270 g/mol. The number of amides is 1. The zero-order valence-electron chi connectivity index (χ0n) is 11.5. The molecule has 0 unspecified atom stereocenters. The second kappa shape index (κ2) is 6.09. The van der Waals surface area contributed by atoms with Gasteiger partial charge in [0, 0.05) is 11.1 Å². The van der Waals surface area contributed by atoms with E-state index in [0.717, 1.165) is 5.56 Å². The number of carboxylic acid groups (broad SMARTS) is 1. The fourth-order valence-corrected chi connectivity index (χ4v) is 1.97. The maximum atomic E-state index is 11.3. The molecule has 0 aromatic heterocycles. The van der Waals surface area contributed by atoms with E-state index in [1.165, 1.54) is 6.07 Å². The van der Waals surface area contributed by atoms with Crippen LogP contribution in [0.1, 0.15) is 31.8 Å². The Morgan fingerprint density at radius 2 is 1.86 bits per heavy atom. The summed E-state index contributed by atoms with van der Waals surface area (Å²) >= 11 is 0. The Bertz CT molecular complexity index is 694. The predicted molar refractivity (Wildman–Crippen MR) is 77.4 cm³/mol. The van der Waals surface area contributed by atoms with Gasteiger partial charge in [-0.1, -0.05) is 24.3 Å². The van der Waals surface area contributed by atoms with Gasteiger partial charge in [0.05, 0.1) is 0 Å². The number of nitrogens with two attached hydrogens (primary N) is 1. The summed E-state index contributed by atoms with van der Waals surface area (Å²) in [6.45, 7) is 1.92. The van der Waals surface area contributed by atoms with Crippen molar-refractivity contribution in [2.75, 3.05) is 0 Å². The highest BCUT2D eigenvalue weighted by molar-refractivity contribution is 5.94. The molecule has 0 radical (unpaired) electrons. The lowest BCUT2D eigenvalue weighted by Crippen LogP contribution is -2.15. The predicted octanol–water partition coefficient (Wildman–Crippen LogP) is 2.37. The molecule has 0 spiro atoms. The monoisotopic (exact) mass is 285 g/mol. The first-order chi connectivity index (χ1) is 9.99. The summed E-state index contributed by atoms with van der Waals surface area (Å²) in [7, 11) is 0. The van der Waals surface area contributed by atoms with E-state index < -0.39 is 11.9 Å². The number of aryl methyl sites for hydroxylation is 1. The van der Waals surface area contributed by atoms with Crippen molar-refractivity contribution in [2.45, 2.75) is 13.5 Å². The minimum atomic E-state index is -1.06. The van der Waals surface area contributed by atoms with Crippen LogP contribution in [-0.2, 0) is 6.61 Å². The van der Waals surface area contributed by atoms with Gasteiger partial charge in [0.15, 0.2) is 0 Å². The van der Waals surface area contributed by atoms with Gasteiger partial charge < -0.3 is 15.6 Å². The largest absolute Gasteiger partial charge is 0.488 e. The maximum Gasteiger partial charge on any atom is 0.339 e. The van der Waals surface area contributed by atoms with E-state index in [-0.39, 0.29) is 17.9 Å². The molecule has 108 valence electrons. The lowest BCUT2D eigenvalue weighted by atomic mass is 10.1. The number of benzene rings is 2. The highest BCUT2D eigenvalue weighted by Gasteiger charge is 2.13. The standard InChI is InChI=1S/C16H15NO4/c1-10-6-7-13(16(19)20)14(8-10)21-9-11-4-2-3-5-12(11)15(17)18/h2-8H,9H2,1H3,(H2,17,18)(H,19,20). The van der Waals surface area contributed by atoms with E-state index >= 15 is 0 Å². The molecule has 0 saturated heterocycles. The molecule has 2 rings (SSSR count). The molecule has 3 N–H and O–H groups in total. The second-order valence-electron chi connectivity index (χ2n) is 4.61. The zero-order valence-corrected chi connectivity index (χ0v) is 11.5. The number of ether oxygens (including phenoxy) is 1. The summed E-state index contributed by atoms with van der Waals surface area (Å²) in [6, 6.07) is 11.6. The van der Waals surface area contributed by atoms with Crippen molar-refractivity contribution < 1.29 is 19.4 Å². The molecule has 2 aromatic carbocycles. The Morgan fingerprint density at radius 1 is 1.14 bits per heavy atom. The highest BCUT2D eigenvalue weighted by atomic mass is 16.5. The van der Waals surface area contributed by atoms with Crippen LogP contribution in [0.25, 0.3) is 0 Å². The van der Waals surface area contributed by atoms with Crippen LogP contribution in [0, 0.1) is 6.92 Å². The smallest absolute Gasteiger partial charge is 0.339 e. The van der Waals surface area contributed by atoms with Crippen molar-refractivity contribution in [1.82, 2.24) is 0 Å². The van der Waals surface area contributed by atoms with Crippen LogP contribution in [0.3, 0.4) is 0 Å². The maximum absolute atomic E-state index is 11.3. The first-order valence-corrected chi connectivity index (χ1v) is 6.33. The first kappa shape index (κ1) is 14.6. The van der Waals surface area contributed by atoms with Crippen LogP contribution in [0.2, 0.25) is 0 Å². The number of carboxylic acids is 1. The van der Waals surface area contributed by atoms with Gasteiger partial charge in [-0.05, 0) is 30.7 Å². The first-order valence-electron chi connectivity index (χ1n) is 6.33. The average molecular weight is 285 g/mol. The van der Waals surface area contributed by atoms with Gasteiger partial charge in [0.2, 0.25) is 5.91 Å². The van der Waals surface area contributed by atoms with Gasteiger partial charge in [-0.25, -0.2) is 4.79 Å². The van der Waals surface area contributed by atoms with E-state index in [1.54, 1.807) is 36.4 Å². The fraction of sp³-hybridized carbons (Fsp3) is 0.125. The third-order valence-electron chi connectivity index (χ3n) is 3.03. The summed E-state index contributed by atoms with van der Waals surface area (Å²) in [5.41, 5.74) is 7.24. The molecule has 0 aliphatic rings. The van der Waals surface area contributed by atoms with Crippen LogP contribution < -0.4 is 10.5 Å². The third-order valence-corrected chi connectivity index (χ3v) is 3.03. The van der Waals surface area contributed by atoms with Crippen molar-refractivity contribution in [3.63, 3.8) is 0 Å². The Labute approximate surface area is 122 Å². The molecular formula is C16H15NO4. The van der Waals surface area contributed by atoms with Gasteiger partial charge in [-0.3, -0.25) is 4.79 Å². The quantitative estimate of drug-likeness (QED) is 0.882. The molecule has 5 heteroatoms. The summed E-state index contributed by atoms with van der Waals surface area (Å²) in [4.78, 5) is 22.5. The van der Waals surface area contributed by atoms with Gasteiger partial charge in [0.25, 0.3) is 0 Å². The number of carbonyl (C=O) groups is 2. The van der Waals surface area contributed by atoms with Gasteiger partial charge in [-0.15, -0.1) is 0 Å². The highest BCUT2D eigenvalue weighted by Crippen LogP contribution is 2.22. The third kappa shape index (κ3) is 3.39. The Balaban J connectivity index is 2.27. The van der Waals surface area contributed by atoms with E-state index in [9.17, 15) is 9.59 Å². The van der Waals surface area contributed by atoms with Gasteiger partial charge >= 0.3 is 5.97 Å². The molecule has 0 aliphatic heterocycles. The molecule has 0 atom stereocenters. The van der Waals surface area contributed by atoms with Gasteiger partial charge in [0.1, 0.15) is 17.9 Å². The van der Waals surface area contributed by atoms with Crippen molar-refractivity contribution in [1.29, 1.82) is 0 Å². The summed E-state index contributed by atoms with van der Waals surface area (Å²) in [6.07, 6.45) is 0. The summed E-state index contributed by atoms with van der Waals surface area (Å²) < 4.78 is 5.57.